The molecule has 0 aromatic carbocycles. The van der Waals surface area contributed by atoms with E-state index in [1.807, 2.05) is 48.5 Å². The number of hydrogen-bond acceptors (Lipinski definition) is 4. The number of carbonyl (C=O) groups excluding carboxylic acids is 2. The SMILES string of the molecule is C=CCC1=C(C)C(OC(=O)C2C(C=C(C)C)C2(C)C)CC1=O.CC(C)=CC1C(C(=O)O)C1(C)C. The molecule has 1 N–H and O–H groups in total. The smallest absolute Gasteiger partial charge is 0.310 e. The van der Waals surface area contributed by atoms with Crippen LogP contribution < -0.4 is 0 Å². The molecule has 188 valence electrons. The molecule has 0 amide bonds. The molecule has 5 atom stereocenters. The van der Waals surface area contributed by atoms with Crippen LogP contribution in [0.4, 0.5) is 0 Å². The number of ketones is 1. The highest BCUT2D eigenvalue weighted by Gasteiger charge is 2.62. The second-order valence-electron chi connectivity index (χ2n) is 11.7. The summed E-state index contributed by atoms with van der Waals surface area (Å²) < 4.78 is 5.66. The maximum absolute atomic E-state index is 12.5. The van der Waals surface area contributed by atoms with Gasteiger partial charge in [0.1, 0.15) is 6.10 Å². The Kier molecular flexibility index (Phi) is 8.22. The van der Waals surface area contributed by atoms with Crippen LogP contribution in [0.25, 0.3) is 0 Å². The molecular weight excluding hydrogens is 428 g/mol. The van der Waals surface area contributed by atoms with Gasteiger partial charge in [-0.05, 0) is 69.3 Å². The van der Waals surface area contributed by atoms with Crippen LogP contribution in [0.2, 0.25) is 0 Å². The van der Waals surface area contributed by atoms with Crippen LogP contribution in [0.15, 0.2) is 47.1 Å². The summed E-state index contributed by atoms with van der Waals surface area (Å²) >= 11 is 0. The number of carboxylic acids is 1. The third kappa shape index (κ3) is 5.79. The lowest BCUT2D eigenvalue weighted by Crippen LogP contribution is -2.20. The van der Waals surface area contributed by atoms with Crippen molar-refractivity contribution in [3.8, 4) is 0 Å². The largest absolute Gasteiger partial charge is 0.481 e. The van der Waals surface area contributed by atoms with E-state index in [2.05, 4.69) is 32.6 Å². The minimum Gasteiger partial charge on any atom is -0.481 e. The van der Waals surface area contributed by atoms with Crippen molar-refractivity contribution in [2.45, 2.75) is 81.3 Å². The molecule has 2 fully saturated rings. The third-order valence-electron chi connectivity index (χ3n) is 7.64. The number of allylic oxidation sites excluding steroid dienone is 6. The first kappa shape index (κ1) is 27.8. The van der Waals surface area contributed by atoms with Crippen molar-refractivity contribution in [3.63, 3.8) is 0 Å². The number of ether oxygens (including phenoxy) is 1. The van der Waals surface area contributed by atoms with Gasteiger partial charge in [-0.3, -0.25) is 14.4 Å². The summed E-state index contributed by atoms with van der Waals surface area (Å²) in [7, 11) is 0. The fourth-order valence-electron chi connectivity index (χ4n) is 5.24. The van der Waals surface area contributed by atoms with Crippen molar-refractivity contribution in [2.75, 3.05) is 0 Å². The molecule has 2 saturated carbocycles. The van der Waals surface area contributed by atoms with E-state index < -0.39 is 12.1 Å². The summed E-state index contributed by atoms with van der Waals surface area (Å²) in [4.78, 5) is 35.2. The van der Waals surface area contributed by atoms with Gasteiger partial charge >= 0.3 is 11.9 Å². The van der Waals surface area contributed by atoms with E-state index in [4.69, 9.17) is 9.84 Å². The van der Waals surface area contributed by atoms with Gasteiger partial charge in [0.05, 0.1) is 18.3 Å². The Hall–Kier alpha value is -2.43. The van der Waals surface area contributed by atoms with Gasteiger partial charge in [0.25, 0.3) is 0 Å². The first-order chi connectivity index (χ1) is 15.6. The van der Waals surface area contributed by atoms with Crippen molar-refractivity contribution in [1.29, 1.82) is 0 Å². The highest BCUT2D eigenvalue weighted by atomic mass is 16.5. The first-order valence-electron chi connectivity index (χ1n) is 12.1. The van der Waals surface area contributed by atoms with Gasteiger partial charge in [-0.2, -0.15) is 0 Å². The number of rotatable bonds is 7. The Bertz CT molecular complexity index is 951. The number of carbonyl (C=O) groups is 3. The van der Waals surface area contributed by atoms with E-state index in [1.54, 1.807) is 6.08 Å². The summed E-state index contributed by atoms with van der Waals surface area (Å²) in [5.74, 6) is -0.571. The second-order valence-corrected chi connectivity index (χ2v) is 11.7. The minimum absolute atomic E-state index is 0.0386. The molecule has 0 aromatic heterocycles. The molecule has 0 radical (unpaired) electrons. The number of aliphatic carboxylic acids is 1. The van der Waals surface area contributed by atoms with E-state index in [1.165, 1.54) is 11.1 Å². The zero-order valence-electron chi connectivity index (χ0n) is 22.3. The topological polar surface area (TPSA) is 80.7 Å². The van der Waals surface area contributed by atoms with Crippen molar-refractivity contribution < 1.29 is 24.2 Å². The van der Waals surface area contributed by atoms with Gasteiger partial charge in [-0.25, -0.2) is 0 Å². The first-order valence-corrected chi connectivity index (χ1v) is 12.1. The molecule has 3 aliphatic carbocycles. The van der Waals surface area contributed by atoms with Crippen LogP contribution in [-0.2, 0) is 19.1 Å². The minimum atomic E-state index is -0.664. The van der Waals surface area contributed by atoms with Crippen LogP contribution >= 0.6 is 0 Å². The highest BCUT2D eigenvalue weighted by Crippen LogP contribution is 2.60. The molecule has 5 unspecified atom stereocenters. The van der Waals surface area contributed by atoms with Crippen LogP contribution in [0.5, 0.6) is 0 Å². The maximum atomic E-state index is 12.5. The molecular formula is C29H42O5. The van der Waals surface area contributed by atoms with Gasteiger partial charge in [0, 0.05) is 5.57 Å². The fourth-order valence-corrected chi connectivity index (χ4v) is 5.24. The van der Waals surface area contributed by atoms with E-state index >= 15 is 0 Å². The van der Waals surface area contributed by atoms with Crippen molar-refractivity contribution in [1.82, 2.24) is 0 Å². The molecule has 0 heterocycles. The van der Waals surface area contributed by atoms with Crippen LogP contribution in [0, 0.1) is 34.5 Å². The zero-order valence-corrected chi connectivity index (χ0v) is 22.3. The van der Waals surface area contributed by atoms with E-state index in [-0.39, 0.29) is 52.7 Å². The predicted octanol–water partition coefficient (Wildman–Crippen LogP) is 6.31. The lowest BCUT2D eigenvalue weighted by Gasteiger charge is -2.13. The summed E-state index contributed by atoms with van der Waals surface area (Å²) in [6.45, 7) is 21.9. The van der Waals surface area contributed by atoms with Gasteiger partial charge in [0.15, 0.2) is 5.78 Å². The standard InChI is InChI=1S/C19H26O3.C10H16O2/c1-7-8-13-12(4)16(10-15(13)20)22-18(21)17-14(9-11(2)3)19(17,5)6;1-6(2)5-7-8(9(11)12)10(7,3)4/h7,9,14,16-17H,1,8,10H2,2-6H3;5,7-8H,1-4H3,(H,11,12). The third-order valence-corrected chi connectivity index (χ3v) is 7.64. The molecule has 3 aliphatic rings. The molecule has 34 heavy (non-hydrogen) atoms. The van der Waals surface area contributed by atoms with Gasteiger partial charge < -0.3 is 9.84 Å². The summed E-state index contributed by atoms with van der Waals surface area (Å²) in [6.07, 6.45) is 6.38. The summed E-state index contributed by atoms with van der Waals surface area (Å²) in [5, 5.41) is 8.84. The fraction of sp³-hybridized carbons (Fsp3) is 0.621. The van der Waals surface area contributed by atoms with Crippen molar-refractivity contribution in [3.05, 3.63) is 47.1 Å². The Balaban J connectivity index is 0.000000287. The summed E-state index contributed by atoms with van der Waals surface area (Å²) in [5.41, 5.74) is 3.96. The van der Waals surface area contributed by atoms with Crippen LogP contribution in [0.1, 0.15) is 75.2 Å². The normalized spacial score (nSPS) is 29.9. The molecule has 0 spiro atoms. The number of Topliss-reactive ketones (excluding diaryl/α,β-unsaturated/α-hetero) is 1. The summed E-state index contributed by atoms with van der Waals surface area (Å²) in [6, 6.07) is 0. The Morgan fingerprint density at radius 1 is 1.00 bits per heavy atom. The van der Waals surface area contributed by atoms with Crippen molar-refractivity contribution >= 4 is 17.7 Å². The monoisotopic (exact) mass is 470 g/mol. The molecule has 0 aromatic rings. The molecule has 5 nitrogen and oxygen atoms in total. The highest BCUT2D eigenvalue weighted by molar-refractivity contribution is 6.00. The number of esters is 1. The number of hydrogen-bond donors (Lipinski definition) is 1. The second kappa shape index (κ2) is 10.1. The van der Waals surface area contributed by atoms with Crippen LogP contribution in [0.3, 0.4) is 0 Å². The van der Waals surface area contributed by atoms with Crippen LogP contribution in [-0.4, -0.2) is 28.9 Å². The molecule has 0 saturated heterocycles. The molecule has 0 aliphatic heterocycles. The van der Waals surface area contributed by atoms with E-state index in [0.29, 0.717) is 6.42 Å². The molecule has 3 rings (SSSR count). The maximum Gasteiger partial charge on any atom is 0.310 e. The van der Waals surface area contributed by atoms with E-state index in [9.17, 15) is 14.4 Å². The Morgan fingerprint density at radius 2 is 1.47 bits per heavy atom. The predicted molar refractivity (Wildman–Crippen MR) is 135 cm³/mol. The van der Waals surface area contributed by atoms with Crippen molar-refractivity contribution in [2.24, 2.45) is 34.5 Å². The molecule has 0 bridgehead atoms. The molecule has 5 heteroatoms. The lowest BCUT2D eigenvalue weighted by atomic mass is 10.1. The quantitative estimate of drug-likeness (QED) is 0.348. The average Bonchev–Trinajstić information content (AvgIpc) is 3.39. The number of carboxylic acid groups (broad SMARTS) is 1. The zero-order chi connectivity index (χ0) is 26.2. The van der Waals surface area contributed by atoms with Gasteiger partial charge in [-0.15, -0.1) is 6.58 Å². The lowest BCUT2D eigenvalue weighted by molar-refractivity contribution is -0.150. The Morgan fingerprint density at radius 3 is 1.88 bits per heavy atom. The van der Waals surface area contributed by atoms with Gasteiger partial charge in [0.2, 0.25) is 0 Å². The van der Waals surface area contributed by atoms with Gasteiger partial charge in [-0.1, -0.05) is 57.1 Å². The average molecular weight is 471 g/mol. The Labute approximate surface area is 205 Å². The van der Waals surface area contributed by atoms with E-state index in [0.717, 1.165) is 11.1 Å².